The van der Waals surface area contributed by atoms with Gasteiger partial charge in [-0.15, -0.1) is 29.1 Å². The largest absolute Gasteiger partial charge is 0.512 e. The normalized spacial score (nSPS) is 12.8. The average Bonchev–Trinajstić information content (AvgIpc) is 3.66. The Morgan fingerprint density at radius 2 is 1.47 bits per heavy atom. The smallest absolute Gasteiger partial charge is 0.164 e. The van der Waals surface area contributed by atoms with E-state index in [-0.39, 0.29) is 47.9 Å². The number of pyridine rings is 1. The van der Waals surface area contributed by atoms with Crippen molar-refractivity contribution < 1.29 is 38.8 Å². The van der Waals surface area contributed by atoms with Crippen molar-refractivity contribution in [3.05, 3.63) is 89.5 Å². The molecule has 3 aromatic heterocycles. The van der Waals surface area contributed by atoms with E-state index in [2.05, 4.69) is 90.1 Å². The summed E-state index contributed by atoms with van der Waals surface area (Å²) in [7, 11) is 0. The van der Waals surface area contributed by atoms with Gasteiger partial charge in [0.25, 0.3) is 0 Å². The Bertz CT molecular complexity index is 2250. The molecule has 1 N–H and O–H groups in total. The molecule has 0 saturated heterocycles. The molecule has 0 amide bonds. The first-order valence-electron chi connectivity index (χ1n) is 19.1. The van der Waals surface area contributed by atoms with E-state index in [0.29, 0.717) is 5.92 Å². The number of hydrogen-bond donors (Lipinski definition) is 1. The number of nitrogens with zero attached hydrogens (tertiary/aromatic N) is 1. The second kappa shape index (κ2) is 16.3. The minimum Gasteiger partial charge on any atom is -0.512 e. The number of rotatable bonds is 10. The van der Waals surface area contributed by atoms with Crippen LogP contribution in [0.15, 0.2) is 75.4 Å². The van der Waals surface area contributed by atoms with Crippen LogP contribution in [0, 0.1) is 29.7 Å². The summed E-state index contributed by atoms with van der Waals surface area (Å²) in [5, 5.41) is 15.6. The molecule has 0 unspecified atom stereocenters. The standard InChI is InChI=1S/C32H30NO2.C15H28O2.Ir/c1-18(2)15-24-19(3)34-31-23(24)11-12-26-29(31)28-27(35-26)13-14-33-30(28)21-16-20-9-7-8-10-22(20)25(17-21)32(4,5)6;1-7-14(5,8-2)12(16)11-13(17)15(6,9-3)10-4;/h7-14,17-18H,15H2,1-6H3;11,16H,7-10H2,1-6H3;/q-1;;/b;12-11-;. The van der Waals surface area contributed by atoms with Crippen LogP contribution >= 0.6 is 0 Å². The third kappa shape index (κ3) is 8.20. The minimum atomic E-state index is -0.337. The van der Waals surface area contributed by atoms with Gasteiger partial charge < -0.3 is 13.9 Å². The molecule has 0 aliphatic heterocycles. The molecule has 0 aliphatic rings. The quantitative estimate of drug-likeness (QED) is 0.0842. The zero-order valence-corrected chi connectivity index (χ0v) is 36.2. The third-order valence-electron chi connectivity index (χ3n) is 11.6. The molecule has 0 atom stereocenters. The number of aliphatic hydroxyl groups excluding tert-OH is 1. The number of carbonyl (C=O) groups is 1. The third-order valence-corrected chi connectivity index (χ3v) is 11.6. The zero-order valence-electron chi connectivity index (χ0n) is 33.8. The maximum Gasteiger partial charge on any atom is 0.164 e. The Balaban J connectivity index is 0.000000299. The summed E-state index contributed by atoms with van der Waals surface area (Å²) >= 11 is 0. The molecule has 6 aromatic rings. The molecule has 6 heteroatoms. The van der Waals surface area contributed by atoms with Crippen molar-refractivity contribution >= 4 is 49.5 Å². The van der Waals surface area contributed by atoms with Crippen LogP contribution in [0.1, 0.15) is 119 Å². The number of ketones is 1. The predicted octanol–water partition coefficient (Wildman–Crippen LogP) is 13.8. The van der Waals surface area contributed by atoms with Gasteiger partial charge in [0.05, 0.1) is 5.39 Å². The SMILES string of the molecule is CCC(C)(CC)C(=O)/C=C(\O)C(C)(CC)CC.Cc1oc2c(ccc3oc4ccnc(-c5[c-]c6ccccc6c(C(C)(C)C)c5)c4c32)c1CC(C)C.[Ir]. The van der Waals surface area contributed by atoms with E-state index >= 15 is 0 Å². The van der Waals surface area contributed by atoms with Gasteiger partial charge in [0.2, 0.25) is 0 Å². The van der Waals surface area contributed by atoms with Gasteiger partial charge in [0.15, 0.2) is 5.78 Å². The number of hydrogen-bond acceptors (Lipinski definition) is 5. The zero-order chi connectivity index (χ0) is 38.2. The summed E-state index contributed by atoms with van der Waals surface area (Å²) in [6, 6.07) is 20.6. The van der Waals surface area contributed by atoms with Crippen LogP contribution in [-0.2, 0) is 36.7 Å². The Morgan fingerprint density at radius 1 is 0.849 bits per heavy atom. The Labute approximate surface area is 330 Å². The van der Waals surface area contributed by atoms with Crippen LogP contribution in [0.2, 0.25) is 0 Å². The number of benzene rings is 3. The van der Waals surface area contributed by atoms with E-state index < -0.39 is 0 Å². The van der Waals surface area contributed by atoms with Crippen molar-refractivity contribution in [2.45, 2.75) is 121 Å². The minimum absolute atomic E-state index is 0. The first kappa shape index (κ1) is 42.0. The van der Waals surface area contributed by atoms with Crippen LogP contribution < -0.4 is 0 Å². The molecule has 5 nitrogen and oxygen atoms in total. The van der Waals surface area contributed by atoms with Crippen molar-refractivity contribution in [1.29, 1.82) is 0 Å². The van der Waals surface area contributed by atoms with Crippen LogP contribution in [0.4, 0.5) is 0 Å². The molecule has 53 heavy (non-hydrogen) atoms. The molecule has 0 fully saturated rings. The average molecular weight is 893 g/mol. The van der Waals surface area contributed by atoms with Crippen molar-refractivity contribution in [3.8, 4) is 11.3 Å². The first-order chi connectivity index (χ1) is 24.5. The van der Waals surface area contributed by atoms with E-state index in [1.807, 2.05) is 53.8 Å². The van der Waals surface area contributed by atoms with Gasteiger partial charge in [0.1, 0.15) is 28.3 Å². The molecule has 3 heterocycles. The number of furan rings is 2. The molecule has 0 spiro atoms. The maximum absolute atomic E-state index is 12.2. The van der Waals surface area contributed by atoms with Gasteiger partial charge in [-0.2, -0.15) is 0 Å². The maximum atomic E-state index is 12.2. The van der Waals surface area contributed by atoms with Crippen LogP contribution in [0.25, 0.3) is 54.9 Å². The summed E-state index contributed by atoms with van der Waals surface area (Å²) in [4.78, 5) is 17.1. The van der Waals surface area contributed by atoms with Gasteiger partial charge in [-0.3, -0.25) is 9.78 Å². The number of fused-ring (bicyclic) bond motifs is 6. The summed E-state index contributed by atoms with van der Waals surface area (Å²) in [6.07, 6.45) is 7.57. The van der Waals surface area contributed by atoms with E-state index in [9.17, 15) is 9.90 Å². The Morgan fingerprint density at radius 3 is 2.08 bits per heavy atom. The Hall–Kier alpha value is -3.73. The van der Waals surface area contributed by atoms with E-state index in [1.54, 1.807) is 0 Å². The molecular formula is C47H58IrNO4-. The van der Waals surface area contributed by atoms with Crippen LogP contribution in [-0.4, -0.2) is 15.9 Å². The molecule has 0 aliphatic carbocycles. The summed E-state index contributed by atoms with van der Waals surface area (Å²) in [5.41, 5.74) is 6.32. The van der Waals surface area contributed by atoms with E-state index in [4.69, 9.17) is 13.8 Å². The molecule has 6 rings (SSSR count). The number of allylic oxidation sites excluding steroid dienone is 2. The fraction of sp³-hybridized carbons (Fsp3) is 0.447. The van der Waals surface area contributed by atoms with Gasteiger partial charge in [-0.05, 0) is 68.6 Å². The monoisotopic (exact) mass is 893 g/mol. The molecular weight excluding hydrogens is 835 g/mol. The van der Waals surface area contributed by atoms with E-state index in [0.717, 1.165) is 82.0 Å². The molecule has 0 bridgehead atoms. The number of aromatic nitrogens is 1. The second-order valence-electron chi connectivity index (χ2n) is 16.5. The molecule has 1 radical (unpaired) electrons. The molecule has 0 saturated carbocycles. The number of aryl methyl sites for hydroxylation is 1. The summed E-state index contributed by atoms with van der Waals surface area (Å²) in [6.45, 7) is 25.4. The topological polar surface area (TPSA) is 76.5 Å². The van der Waals surface area contributed by atoms with Gasteiger partial charge >= 0.3 is 0 Å². The van der Waals surface area contributed by atoms with Crippen molar-refractivity contribution in [3.63, 3.8) is 0 Å². The number of aliphatic hydroxyl groups is 1. The fourth-order valence-corrected chi connectivity index (χ4v) is 7.05. The van der Waals surface area contributed by atoms with Crippen LogP contribution in [0.5, 0.6) is 0 Å². The fourth-order valence-electron chi connectivity index (χ4n) is 7.05. The van der Waals surface area contributed by atoms with Gasteiger partial charge in [-0.25, -0.2) is 0 Å². The van der Waals surface area contributed by atoms with E-state index in [1.165, 1.54) is 28.0 Å². The molecule has 285 valence electrons. The van der Waals surface area contributed by atoms with Crippen molar-refractivity contribution in [2.75, 3.05) is 0 Å². The molecule has 3 aromatic carbocycles. The van der Waals surface area contributed by atoms with Crippen LogP contribution in [0.3, 0.4) is 0 Å². The van der Waals surface area contributed by atoms with Crippen molar-refractivity contribution in [2.24, 2.45) is 16.7 Å². The summed E-state index contributed by atoms with van der Waals surface area (Å²) < 4.78 is 12.7. The number of carbonyl (C=O) groups excluding carboxylic acids is 1. The first-order valence-corrected chi connectivity index (χ1v) is 19.1. The van der Waals surface area contributed by atoms with Gasteiger partial charge in [0, 0.05) is 65.2 Å². The summed E-state index contributed by atoms with van der Waals surface area (Å²) in [5.74, 6) is 1.81. The predicted molar refractivity (Wildman–Crippen MR) is 218 cm³/mol. The Kier molecular flexibility index (Phi) is 12.9. The van der Waals surface area contributed by atoms with Crippen molar-refractivity contribution in [1.82, 2.24) is 4.98 Å². The second-order valence-corrected chi connectivity index (χ2v) is 16.5. The van der Waals surface area contributed by atoms with Gasteiger partial charge in [-0.1, -0.05) is 105 Å².